The van der Waals surface area contributed by atoms with Crippen molar-refractivity contribution in [1.29, 1.82) is 0 Å². The molecule has 2 heterocycles. The van der Waals surface area contributed by atoms with Gasteiger partial charge in [0.05, 0.1) is 19.8 Å². The molecule has 0 aliphatic carbocycles. The van der Waals surface area contributed by atoms with Gasteiger partial charge in [-0.05, 0) is 18.2 Å². The third kappa shape index (κ3) is 2.58. The number of benzene rings is 2. The number of ether oxygens (including phenoxy) is 3. The van der Waals surface area contributed by atoms with Crippen LogP contribution in [-0.4, -0.2) is 55.8 Å². The molecule has 7 heteroatoms. The van der Waals surface area contributed by atoms with Crippen LogP contribution < -0.4 is 14.2 Å². The lowest BCUT2D eigenvalue weighted by Gasteiger charge is -2.35. The molecule has 7 nitrogen and oxygen atoms in total. The zero-order valence-electron chi connectivity index (χ0n) is 15.7. The van der Waals surface area contributed by atoms with Crippen LogP contribution in [0.3, 0.4) is 0 Å². The molecular formula is C21H21NO6. The first-order chi connectivity index (χ1) is 13.5. The van der Waals surface area contributed by atoms with Gasteiger partial charge in [-0.2, -0.15) is 0 Å². The van der Waals surface area contributed by atoms with Crippen LogP contribution in [0.2, 0.25) is 0 Å². The van der Waals surface area contributed by atoms with Crippen molar-refractivity contribution in [2.75, 3.05) is 33.9 Å². The molecule has 2 aromatic rings. The van der Waals surface area contributed by atoms with Gasteiger partial charge in [-0.1, -0.05) is 24.3 Å². The van der Waals surface area contributed by atoms with Crippen molar-refractivity contribution >= 4 is 11.9 Å². The normalized spacial score (nSPS) is 22.6. The number of nitrogens with zero attached hydrogens (tertiary/aromatic N) is 1. The SMILES string of the molecule is COc1cccc(C(=O)N2C[C@@H]3c4ccccc4OC[C@]3(C(=O)O)C2)c1OC. The summed E-state index contributed by atoms with van der Waals surface area (Å²) in [5, 5.41) is 10.0. The van der Waals surface area contributed by atoms with Crippen molar-refractivity contribution in [3.8, 4) is 17.2 Å². The summed E-state index contributed by atoms with van der Waals surface area (Å²) in [5.74, 6) is -0.117. The highest BCUT2D eigenvalue weighted by Gasteiger charge is 2.57. The molecule has 0 saturated carbocycles. The zero-order valence-corrected chi connectivity index (χ0v) is 15.7. The quantitative estimate of drug-likeness (QED) is 0.873. The van der Waals surface area contributed by atoms with Gasteiger partial charge in [0.2, 0.25) is 0 Å². The van der Waals surface area contributed by atoms with E-state index >= 15 is 0 Å². The molecule has 2 aliphatic rings. The summed E-state index contributed by atoms with van der Waals surface area (Å²) >= 11 is 0. The summed E-state index contributed by atoms with van der Waals surface area (Å²) in [6.45, 7) is 0.398. The van der Waals surface area contributed by atoms with E-state index in [-0.39, 0.29) is 25.0 Å². The largest absolute Gasteiger partial charge is 0.493 e. The number of likely N-dealkylation sites (tertiary alicyclic amines) is 1. The molecule has 0 unspecified atom stereocenters. The number of hydrogen-bond donors (Lipinski definition) is 1. The van der Waals surface area contributed by atoms with Crippen LogP contribution in [0.4, 0.5) is 0 Å². The van der Waals surface area contributed by atoms with E-state index in [9.17, 15) is 14.7 Å². The van der Waals surface area contributed by atoms with Crippen LogP contribution in [0.1, 0.15) is 21.8 Å². The molecule has 2 aliphatic heterocycles. The number of carboxylic acid groups (broad SMARTS) is 1. The number of aliphatic carboxylic acids is 1. The Labute approximate surface area is 162 Å². The minimum absolute atomic E-state index is 0.0308. The van der Waals surface area contributed by atoms with E-state index in [0.717, 1.165) is 5.56 Å². The van der Waals surface area contributed by atoms with Gasteiger partial charge in [-0.3, -0.25) is 9.59 Å². The number of fused-ring (bicyclic) bond motifs is 3. The first kappa shape index (κ1) is 18.2. The fraction of sp³-hybridized carbons (Fsp3) is 0.333. The van der Waals surface area contributed by atoms with Crippen LogP contribution in [0, 0.1) is 5.41 Å². The lowest BCUT2D eigenvalue weighted by molar-refractivity contribution is -0.151. The van der Waals surface area contributed by atoms with E-state index < -0.39 is 11.4 Å². The fourth-order valence-electron chi connectivity index (χ4n) is 4.22. The summed E-state index contributed by atoms with van der Waals surface area (Å²) in [4.78, 5) is 27.1. The van der Waals surface area contributed by atoms with Crippen molar-refractivity contribution in [1.82, 2.24) is 4.90 Å². The van der Waals surface area contributed by atoms with Crippen molar-refractivity contribution in [3.05, 3.63) is 53.6 Å². The number of amides is 1. The first-order valence-corrected chi connectivity index (χ1v) is 8.97. The summed E-state index contributed by atoms with van der Waals surface area (Å²) in [5.41, 5.74) is -0.00451. The minimum Gasteiger partial charge on any atom is -0.493 e. The zero-order chi connectivity index (χ0) is 19.9. The molecule has 0 aromatic heterocycles. The third-order valence-corrected chi connectivity index (χ3v) is 5.67. The van der Waals surface area contributed by atoms with Crippen molar-refractivity contribution < 1.29 is 28.9 Å². The van der Waals surface area contributed by atoms with Gasteiger partial charge >= 0.3 is 5.97 Å². The summed E-state index contributed by atoms with van der Waals surface area (Å²) < 4.78 is 16.4. The first-order valence-electron chi connectivity index (χ1n) is 8.97. The van der Waals surface area contributed by atoms with Crippen molar-refractivity contribution in [2.24, 2.45) is 5.41 Å². The Morgan fingerprint density at radius 1 is 1.14 bits per heavy atom. The molecule has 1 saturated heterocycles. The van der Waals surface area contributed by atoms with E-state index in [2.05, 4.69) is 0 Å². The van der Waals surface area contributed by atoms with Crippen LogP contribution in [0.25, 0.3) is 0 Å². The Kier molecular flexibility index (Phi) is 4.37. The van der Waals surface area contributed by atoms with Gasteiger partial charge in [-0.25, -0.2) is 0 Å². The lowest BCUT2D eigenvalue weighted by Crippen LogP contribution is -2.46. The summed E-state index contributed by atoms with van der Waals surface area (Å²) in [6, 6.07) is 12.5. The standard InChI is InChI=1S/C21H21NO6/c1-26-17-9-5-7-14(18(17)27-2)19(23)22-10-15-13-6-3-4-8-16(13)28-12-21(15,11-22)20(24)25/h3-9,15H,10-12H2,1-2H3,(H,24,25)/t15-,21-/m1/s1. The molecular weight excluding hydrogens is 362 g/mol. The fourth-order valence-corrected chi connectivity index (χ4v) is 4.22. The molecule has 2 aromatic carbocycles. The van der Waals surface area contributed by atoms with E-state index in [1.165, 1.54) is 14.2 Å². The second kappa shape index (κ2) is 6.74. The molecule has 1 amide bonds. The van der Waals surface area contributed by atoms with Crippen LogP contribution in [-0.2, 0) is 4.79 Å². The number of hydrogen-bond acceptors (Lipinski definition) is 5. The Hall–Kier alpha value is -3.22. The molecule has 4 rings (SSSR count). The Balaban J connectivity index is 1.73. The molecule has 1 N–H and O–H groups in total. The van der Waals surface area contributed by atoms with Gasteiger partial charge in [-0.15, -0.1) is 0 Å². The summed E-state index contributed by atoms with van der Waals surface area (Å²) in [6.07, 6.45) is 0. The number of rotatable bonds is 4. The number of carbonyl (C=O) groups is 2. The highest BCUT2D eigenvalue weighted by molar-refractivity contribution is 5.98. The third-order valence-electron chi connectivity index (χ3n) is 5.67. The van der Waals surface area contributed by atoms with Gasteiger partial charge in [0.15, 0.2) is 11.5 Å². The van der Waals surface area contributed by atoms with Crippen LogP contribution >= 0.6 is 0 Å². The topological polar surface area (TPSA) is 85.3 Å². The monoisotopic (exact) mass is 383 g/mol. The maximum absolute atomic E-state index is 13.3. The Bertz CT molecular complexity index is 942. The minimum atomic E-state index is -1.17. The number of para-hydroxylation sites is 2. The molecule has 146 valence electrons. The molecule has 0 spiro atoms. The van der Waals surface area contributed by atoms with Crippen molar-refractivity contribution in [2.45, 2.75) is 5.92 Å². The van der Waals surface area contributed by atoms with Gasteiger partial charge in [0.1, 0.15) is 17.8 Å². The molecule has 1 fully saturated rings. The lowest BCUT2D eigenvalue weighted by atomic mass is 9.73. The molecule has 0 radical (unpaired) electrons. The molecule has 0 bridgehead atoms. The Morgan fingerprint density at radius 3 is 2.64 bits per heavy atom. The average Bonchev–Trinajstić information content (AvgIpc) is 3.14. The second-order valence-corrected chi connectivity index (χ2v) is 7.07. The average molecular weight is 383 g/mol. The van der Waals surface area contributed by atoms with Crippen LogP contribution in [0.15, 0.2) is 42.5 Å². The van der Waals surface area contributed by atoms with Gasteiger partial charge < -0.3 is 24.2 Å². The Morgan fingerprint density at radius 2 is 1.93 bits per heavy atom. The van der Waals surface area contributed by atoms with E-state index in [4.69, 9.17) is 14.2 Å². The highest BCUT2D eigenvalue weighted by Crippen LogP contribution is 2.50. The number of carbonyl (C=O) groups excluding carboxylic acids is 1. The number of methoxy groups -OCH3 is 2. The highest BCUT2D eigenvalue weighted by atomic mass is 16.5. The van der Waals surface area contributed by atoms with Gasteiger partial charge in [0.25, 0.3) is 5.91 Å². The predicted octanol–water partition coefficient (Wildman–Crippen LogP) is 2.41. The molecule has 2 atom stereocenters. The smallest absolute Gasteiger partial charge is 0.315 e. The second-order valence-electron chi connectivity index (χ2n) is 7.07. The molecule has 28 heavy (non-hydrogen) atoms. The van der Waals surface area contributed by atoms with Crippen molar-refractivity contribution in [3.63, 3.8) is 0 Å². The maximum Gasteiger partial charge on any atom is 0.315 e. The summed E-state index contributed by atoms with van der Waals surface area (Å²) in [7, 11) is 2.98. The van der Waals surface area contributed by atoms with Crippen LogP contribution in [0.5, 0.6) is 17.2 Å². The van der Waals surface area contributed by atoms with E-state index in [0.29, 0.717) is 29.4 Å². The maximum atomic E-state index is 13.3. The van der Waals surface area contributed by atoms with Gasteiger partial charge in [0, 0.05) is 24.6 Å². The van der Waals surface area contributed by atoms with E-state index in [1.54, 1.807) is 23.1 Å². The van der Waals surface area contributed by atoms with E-state index in [1.807, 2.05) is 24.3 Å². The predicted molar refractivity (Wildman–Crippen MR) is 100 cm³/mol. The number of carboxylic acids is 1.